The van der Waals surface area contributed by atoms with Gasteiger partial charge in [0.05, 0.1) is 0 Å². The third-order valence-electron chi connectivity index (χ3n) is 3.05. The van der Waals surface area contributed by atoms with Gasteiger partial charge >= 0.3 is 0 Å². The highest BCUT2D eigenvalue weighted by molar-refractivity contribution is 6.32. The van der Waals surface area contributed by atoms with Crippen molar-refractivity contribution in [2.45, 2.75) is 25.7 Å². The Labute approximate surface area is 92.3 Å². The molecule has 2 aromatic rings. The molecular formula is C10H11ClN4. The summed E-state index contributed by atoms with van der Waals surface area (Å²) >= 11 is 5.94. The van der Waals surface area contributed by atoms with Crippen LogP contribution in [-0.2, 0) is 0 Å². The van der Waals surface area contributed by atoms with Gasteiger partial charge in [0.2, 0.25) is 0 Å². The number of hydrogen-bond donors (Lipinski definition) is 0. The summed E-state index contributed by atoms with van der Waals surface area (Å²) in [5.41, 5.74) is 0.654. The molecule has 0 N–H and O–H groups in total. The highest BCUT2D eigenvalue weighted by Gasteiger charge is 2.31. The molecule has 2 heterocycles. The Morgan fingerprint density at radius 3 is 3.00 bits per heavy atom. The molecule has 0 aliphatic heterocycles. The van der Waals surface area contributed by atoms with E-state index in [1.807, 2.05) is 10.6 Å². The van der Waals surface area contributed by atoms with E-state index in [1.165, 1.54) is 12.8 Å². The van der Waals surface area contributed by atoms with E-state index in [-0.39, 0.29) is 0 Å². The number of nitrogens with zero attached hydrogens (tertiary/aromatic N) is 4. The maximum atomic E-state index is 5.94. The van der Waals surface area contributed by atoms with Crippen molar-refractivity contribution < 1.29 is 0 Å². The molecule has 0 saturated heterocycles. The normalized spacial score (nSPS) is 18.3. The van der Waals surface area contributed by atoms with Gasteiger partial charge in [-0.2, -0.15) is 0 Å². The maximum absolute atomic E-state index is 5.94. The summed E-state index contributed by atoms with van der Waals surface area (Å²) in [5.74, 6) is 2.22. The van der Waals surface area contributed by atoms with Crippen LogP contribution in [0.1, 0.15) is 31.5 Å². The second-order valence-electron chi connectivity index (χ2n) is 4.10. The molecule has 0 bridgehead atoms. The van der Waals surface area contributed by atoms with E-state index < -0.39 is 0 Å². The SMILES string of the molecule is CC(c1nnc2c(Cl)nccn12)C1CC1. The van der Waals surface area contributed by atoms with Crippen LogP contribution >= 0.6 is 11.6 Å². The van der Waals surface area contributed by atoms with Gasteiger partial charge in [-0.1, -0.05) is 18.5 Å². The molecule has 1 saturated carbocycles. The first kappa shape index (κ1) is 9.09. The van der Waals surface area contributed by atoms with Gasteiger partial charge in [0, 0.05) is 18.3 Å². The fourth-order valence-electron chi connectivity index (χ4n) is 1.93. The van der Waals surface area contributed by atoms with Crippen LogP contribution in [0.15, 0.2) is 12.4 Å². The molecule has 2 aromatic heterocycles. The highest BCUT2D eigenvalue weighted by Crippen LogP contribution is 2.41. The molecule has 1 fully saturated rings. The lowest BCUT2D eigenvalue weighted by molar-refractivity contribution is 0.613. The summed E-state index contributed by atoms with van der Waals surface area (Å²) in [5, 5.41) is 8.69. The van der Waals surface area contributed by atoms with E-state index in [4.69, 9.17) is 11.6 Å². The minimum Gasteiger partial charge on any atom is -0.282 e. The molecule has 5 heteroatoms. The lowest BCUT2D eigenvalue weighted by Crippen LogP contribution is -2.02. The van der Waals surface area contributed by atoms with Gasteiger partial charge in [-0.05, 0) is 18.8 Å². The lowest BCUT2D eigenvalue weighted by atomic mass is 10.1. The Kier molecular flexibility index (Phi) is 1.92. The van der Waals surface area contributed by atoms with Crippen molar-refractivity contribution in [2.24, 2.45) is 5.92 Å². The summed E-state index contributed by atoms with van der Waals surface area (Å²) in [6.07, 6.45) is 6.15. The van der Waals surface area contributed by atoms with Crippen LogP contribution in [0.25, 0.3) is 5.65 Å². The Morgan fingerprint density at radius 1 is 1.47 bits per heavy atom. The van der Waals surface area contributed by atoms with Crippen LogP contribution in [0, 0.1) is 5.92 Å². The summed E-state index contributed by atoms with van der Waals surface area (Å²) in [6, 6.07) is 0. The zero-order valence-corrected chi connectivity index (χ0v) is 9.15. The van der Waals surface area contributed by atoms with Gasteiger partial charge in [-0.3, -0.25) is 4.40 Å². The van der Waals surface area contributed by atoms with Crippen molar-refractivity contribution in [3.63, 3.8) is 0 Å². The van der Waals surface area contributed by atoms with E-state index in [9.17, 15) is 0 Å². The molecule has 0 spiro atoms. The first-order valence-corrected chi connectivity index (χ1v) is 5.50. The molecule has 1 aliphatic carbocycles. The average molecular weight is 223 g/mol. The van der Waals surface area contributed by atoms with Gasteiger partial charge in [-0.15, -0.1) is 10.2 Å². The van der Waals surface area contributed by atoms with Crippen molar-refractivity contribution in [3.8, 4) is 0 Å². The summed E-state index contributed by atoms with van der Waals surface area (Å²) < 4.78 is 1.94. The molecular weight excluding hydrogens is 212 g/mol. The highest BCUT2D eigenvalue weighted by atomic mass is 35.5. The Bertz CT molecular complexity index is 503. The van der Waals surface area contributed by atoms with E-state index in [1.54, 1.807) is 6.20 Å². The van der Waals surface area contributed by atoms with Crippen LogP contribution in [0.5, 0.6) is 0 Å². The first-order chi connectivity index (χ1) is 7.27. The number of hydrogen-bond acceptors (Lipinski definition) is 3. The topological polar surface area (TPSA) is 43.1 Å². The maximum Gasteiger partial charge on any atom is 0.198 e. The molecule has 15 heavy (non-hydrogen) atoms. The van der Waals surface area contributed by atoms with Gasteiger partial charge in [0.25, 0.3) is 0 Å². The number of halogens is 1. The van der Waals surface area contributed by atoms with Crippen LogP contribution < -0.4 is 0 Å². The zero-order valence-electron chi connectivity index (χ0n) is 8.39. The second kappa shape index (κ2) is 3.17. The predicted octanol–water partition coefficient (Wildman–Crippen LogP) is 2.29. The molecule has 3 rings (SSSR count). The van der Waals surface area contributed by atoms with Crippen molar-refractivity contribution >= 4 is 17.2 Å². The lowest BCUT2D eigenvalue weighted by Gasteiger charge is -2.06. The fraction of sp³-hybridized carbons (Fsp3) is 0.500. The fourth-order valence-corrected chi connectivity index (χ4v) is 2.12. The third kappa shape index (κ3) is 1.40. The van der Waals surface area contributed by atoms with E-state index in [2.05, 4.69) is 22.1 Å². The number of rotatable bonds is 2. The molecule has 1 aliphatic rings. The van der Waals surface area contributed by atoms with Crippen molar-refractivity contribution in [1.29, 1.82) is 0 Å². The van der Waals surface area contributed by atoms with Crippen molar-refractivity contribution in [3.05, 3.63) is 23.4 Å². The Hall–Kier alpha value is -1.16. The standard InChI is InChI=1S/C10H11ClN4/c1-6(7-2-3-7)9-13-14-10-8(11)12-4-5-15(9)10/h4-7H,2-3H2,1H3. The van der Waals surface area contributed by atoms with Crippen molar-refractivity contribution in [1.82, 2.24) is 19.6 Å². The van der Waals surface area contributed by atoms with Crippen molar-refractivity contribution in [2.75, 3.05) is 0 Å². The monoisotopic (exact) mass is 222 g/mol. The van der Waals surface area contributed by atoms with Crippen LogP contribution in [0.4, 0.5) is 0 Å². The summed E-state index contributed by atoms with van der Waals surface area (Å²) in [4.78, 5) is 3.98. The van der Waals surface area contributed by atoms with Crippen LogP contribution in [0.2, 0.25) is 5.15 Å². The smallest absolute Gasteiger partial charge is 0.198 e. The largest absolute Gasteiger partial charge is 0.282 e. The Balaban J connectivity index is 2.15. The minimum atomic E-state index is 0.416. The quantitative estimate of drug-likeness (QED) is 0.783. The summed E-state index contributed by atoms with van der Waals surface area (Å²) in [6.45, 7) is 2.20. The molecule has 78 valence electrons. The zero-order chi connectivity index (χ0) is 10.4. The van der Waals surface area contributed by atoms with E-state index >= 15 is 0 Å². The van der Waals surface area contributed by atoms with Gasteiger partial charge in [0.15, 0.2) is 10.8 Å². The van der Waals surface area contributed by atoms with Crippen LogP contribution in [0.3, 0.4) is 0 Å². The minimum absolute atomic E-state index is 0.416. The van der Waals surface area contributed by atoms with Gasteiger partial charge in [-0.25, -0.2) is 4.98 Å². The van der Waals surface area contributed by atoms with E-state index in [0.717, 1.165) is 11.7 Å². The number of fused-ring (bicyclic) bond motifs is 1. The molecule has 1 unspecified atom stereocenters. The van der Waals surface area contributed by atoms with Gasteiger partial charge < -0.3 is 0 Å². The average Bonchev–Trinajstić information content (AvgIpc) is 2.98. The Morgan fingerprint density at radius 2 is 2.27 bits per heavy atom. The molecule has 0 radical (unpaired) electrons. The van der Waals surface area contributed by atoms with Crippen LogP contribution in [-0.4, -0.2) is 19.6 Å². The second-order valence-corrected chi connectivity index (χ2v) is 4.45. The molecule has 4 nitrogen and oxygen atoms in total. The van der Waals surface area contributed by atoms with E-state index in [0.29, 0.717) is 16.7 Å². The molecule has 1 atom stereocenters. The first-order valence-electron chi connectivity index (χ1n) is 5.12. The third-order valence-corrected chi connectivity index (χ3v) is 3.31. The molecule has 0 aromatic carbocycles. The number of aromatic nitrogens is 4. The molecule has 0 amide bonds. The predicted molar refractivity (Wildman–Crippen MR) is 56.9 cm³/mol. The van der Waals surface area contributed by atoms with Gasteiger partial charge in [0.1, 0.15) is 5.82 Å². The summed E-state index contributed by atoms with van der Waals surface area (Å²) in [7, 11) is 0.